The molecule has 2 aromatic carbocycles. The van der Waals surface area contributed by atoms with Crippen LogP contribution in [-0.2, 0) is 15.6 Å². The van der Waals surface area contributed by atoms with Crippen molar-refractivity contribution < 1.29 is 28.5 Å². The van der Waals surface area contributed by atoms with E-state index in [1.165, 1.54) is 7.11 Å². The summed E-state index contributed by atoms with van der Waals surface area (Å²) < 4.78 is 24.2. The fourth-order valence-electron chi connectivity index (χ4n) is 5.77. The molecule has 0 fully saturated rings. The lowest BCUT2D eigenvalue weighted by molar-refractivity contribution is 0.0103. The zero-order chi connectivity index (χ0) is 25.4. The van der Waals surface area contributed by atoms with Crippen molar-refractivity contribution in [3.8, 4) is 17.2 Å². The Morgan fingerprint density at radius 1 is 1.03 bits per heavy atom. The lowest BCUT2D eigenvalue weighted by Gasteiger charge is -2.43. The van der Waals surface area contributed by atoms with Crippen molar-refractivity contribution in [3.05, 3.63) is 29.3 Å². The molecule has 1 heterocycles. The molecule has 1 atom stereocenters. The smallest absolute Gasteiger partial charge is 0.342 e. The first kappa shape index (κ1) is 26.4. The average molecular weight is 489 g/mol. The van der Waals surface area contributed by atoms with Gasteiger partial charge in [-0.25, -0.2) is 4.79 Å². The van der Waals surface area contributed by atoms with E-state index in [9.17, 15) is 9.90 Å². The van der Waals surface area contributed by atoms with Crippen LogP contribution < -0.4 is 9.47 Å². The summed E-state index contributed by atoms with van der Waals surface area (Å²) in [5, 5.41) is 11.7. The Kier molecular flexibility index (Phi) is 7.88. The fraction of sp³-hybridized carbons (Fsp3) is 0.593. The Bertz CT molecular complexity index is 1020. The van der Waals surface area contributed by atoms with Gasteiger partial charge >= 0.3 is 5.97 Å². The van der Waals surface area contributed by atoms with E-state index >= 15 is 0 Å². The zero-order valence-corrected chi connectivity index (χ0v) is 23.0. The number of aromatic hydroxyl groups is 1. The van der Waals surface area contributed by atoms with E-state index < -0.39 is 14.3 Å². The van der Waals surface area contributed by atoms with Crippen molar-refractivity contribution in [2.75, 3.05) is 13.7 Å². The number of methoxy groups -OCH3 is 1. The highest BCUT2D eigenvalue weighted by molar-refractivity contribution is 6.77. The van der Waals surface area contributed by atoms with Gasteiger partial charge in [-0.1, -0.05) is 41.5 Å². The van der Waals surface area contributed by atoms with Crippen LogP contribution in [0.15, 0.2) is 18.2 Å². The minimum absolute atomic E-state index is 0.102. The van der Waals surface area contributed by atoms with Gasteiger partial charge in [0.1, 0.15) is 28.9 Å². The number of carbonyl (C=O) groups excluding carboxylic acids is 1. The predicted octanol–water partition coefficient (Wildman–Crippen LogP) is 6.61. The predicted molar refractivity (Wildman–Crippen MR) is 138 cm³/mol. The molecule has 0 aliphatic carbocycles. The zero-order valence-electron chi connectivity index (χ0n) is 22.0. The second-order valence-electron chi connectivity index (χ2n) is 10.5. The molecule has 0 spiro atoms. The highest BCUT2D eigenvalue weighted by Gasteiger charge is 2.46. The standard InChI is InChI=1S/C27H40O6Si/c1-15(2)32-23-13-21(28)11-19-10-20-12-22(33-27(29)25(20)26(30-9)24(19)23)14-31-34(16(3)4,17(5)6)18(7)8/h10-11,13,15-18,22,28H,12,14H2,1-9H3/t22-/m0/s1. The Labute approximate surface area is 204 Å². The molecule has 0 bridgehead atoms. The topological polar surface area (TPSA) is 74.2 Å². The summed E-state index contributed by atoms with van der Waals surface area (Å²) in [4.78, 5) is 13.2. The van der Waals surface area contributed by atoms with Crippen LogP contribution in [0.2, 0.25) is 16.6 Å². The molecule has 0 saturated carbocycles. The summed E-state index contributed by atoms with van der Waals surface area (Å²) >= 11 is 0. The summed E-state index contributed by atoms with van der Waals surface area (Å²) in [5.41, 5.74) is 2.60. The summed E-state index contributed by atoms with van der Waals surface area (Å²) in [6, 6.07) is 5.16. The number of rotatable bonds is 9. The minimum Gasteiger partial charge on any atom is -0.508 e. The van der Waals surface area contributed by atoms with E-state index in [1.807, 2.05) is 19.9 Å². The lowest BCUT2D eigenvalue weighted by Crippen LogP contribution is -2.50. The molecule has 34 heavy (non-hydrogen) atoms. The molecule has 1 aliphatic rings. The second-order valence-corrected chi connectivity index (χ2v) is 16.0. The number of fused-ring (bicyclic) bond motifs is 2. The van der Waals surface area contributed by atoms with E-state index in [0.29, 0.717) is 52.1 Å². The quantitative estimate of drug-likeness (QED) is 0.316. The third kappa shape index (κ3) is 4.78. The van der Waals surface area contributed by atoms with Crippen molar-refractivity contribution in [1.29, 1.82) is 0 Å². The van der Waals surface area contributed by atoms with Crippen LogP contribution in [0.4, 0.5) is 0 Å². The van der Waals surface area contributed by atoms with Crippen LogP contribution in [0.25, 0.3) is 10.8 Å². The number of hydrogen-bond donors (Lipinski definition) is 1. The van der Waals surface area contributed by atoms with E-state index in [2.05, 4.69) is 41.5 Å². The van der Waals surface area contributed by atoms with Gasteiger partial charge in [0.25, 0.3) is 0 Å². The van der Waals surface area contributed by atoms with Crippen molar-refractivity contribution in [1.82, 2.24) is 0 Å². The van der Waals surface area contributed by atoms with Crippen LogP contribution in [0.3, 0.4) is 0 Å². The maximum atomic E-state index is 13.2. The fourth-order valence-corrected chi connectivity index (χ4v) is 11.2. The van der Waals surface area contributed by atoms with Crippen LogP contribution in [0.5, 0.6) is 17.2 Å². The average Bonchev–Trinajstić information content (AvgIpc) is 2.71. The Balaban J connectivity index is 2.01. The second kappa shape index (κ2) is 10.2. The van der Waals surface area contributed by atoms with Gasteiger partial charge in [-0.05, 0) is 53.6 Å². The molecule has 0 unspecified atom stereocenters. The van der Waals surface area contributed by atoms with Crippen LogP contribution in [0, 0.1) is 0 Å². The van der Waals surface area contributed by atoms with E-state index in [-0.39, 0.29) is 18.0 Å². The molecular formula is C27H40O6Si. The maximum absolute atomic E-state index is 13.2. The van der Waals surface area contributed by atoms with E-state index in [0.717, 1.165) is 10.9 Å². The Hall–Kier alpha value is -2.25. The molecule has 0 saturated heterocycles. The molecule has 0 amide bonds. The minimum atomic E-state index is -2.08. The van der Waals surface area contributed by atoms with Gasteiger partial charge in [-0.3, -0.25) is 0 Å². The molecule has 7 heteroatoms. The van der Waals surface area contributed by atoms with E-state index in [4.69, 9.17) is 18.6 Å². The summed E-state index contributed by atoms with van der Waals surface area (Å²) in [7, 11) is -0.544. The number of benzene rings is 2. The molecule has 1 aliphatic heterocycles. The number of esters is 1. The summed E-state index contributed by atoms with van der Waals surface area (Å²) in [6.07, 6.45) is 0.0582. The lowest BCUT2D eigenvalue weighted by atomic mass is 9.93. The van der Waals surface area contributed by atoms with Crippen molar-refractivity contribution >= 4 is 25.1 Å². The largest absolute Gasteiger partial charge is 0.508 e. The van der Waals surface area contributed by atoms with Gasteiger partial charge in [-0.15, -0.1) is 0 Å². The highest BCUT2D eigenvalue weighted by Crippen LogP contribution is 2.45. The van der Waals surface area contributed by atoms with Crippen LogP contribution >= 0.6 is 0 Å². The van der Waals surface area contributed by atoms with E-state index in [1.54, 1.807) is 12.1 Å². The molecule has 188 valence electrons. The number of phenolic OH excluding ortho intramolecular Hbond substituents is 1. The van der Waals surface area contributed by atoms with Crippen molar-refractivity contribution in [2.24, 2.45) is 0 Å². The molecule has 2 aromatic rings. The molecule has 1 N–H and O–H groups in total. The number of phenols is 1. The Morgan fingerprint density at radius 3 is 2.18 bits per heavy atom. The number of hydrogen-bond acceptors (Lipinski definition) is 6. The van der Waals surface area contributed by atoms with Crippen molar-refractivity contribution in [2.45, 2.75) is 90.6 Å². The number of cyclic esters (lactones) is 1. The first-order valence-corrected chi connectivity index (χ1v) is 14.4. The van der Waals surface area contributed by atoms with Gasteiger partial charge in [0, 0.05) is 12.5 Å². The van der Waals surface area contributed by atoms with Gasteiger partial charge in [0.15, 0.2) is 0 Å². The van der Waals surface area contributed by atoms with Gasteiger partial charge in [0.2, 0.25) is 8.32 Å². The van der Waals surface area contributed by atoms with Crippen LogP contribution in [-0.4, -0.2) is 45.3 Å². The molecule has 6 nitrogen and oxygen atoms in total. The third-order valence-corrected chi connectivity index (χ3v) is 13.0. The first-order chi connectivity index (χ1) is 15.9. The van der Waals surface area contributed by atoms with Crippen LogP contribution in [0.1, 0.15) is 71.3 Å². The van der Waals surface area contributed by atoms with Gasteiger partial charge < -0.3 is 23.7 Å². The van der Waals surface area contributed by atoms with Crippen molar-refractivity contribution in [3.63, 3.8) is 0 Å². The summed E-state index contributed by atoms with van der Waals surface area (Å²) in [5.74, 6) is 0.584. The summed E-state index contributed by atoms with van der Waals surface area (Å²) in [6.45, 7) is 17.7. The highest BCUT2D eigenvalue weighted by atomic mass is 28.4. The maximum Gasteiger partial charge on any atom is 0.342 e. The normalized spacial score (nSPS) is 16.5. The Morgan fingerprint density at radius 2 is 1.65 bits per heavy atom. The van der Waals surface area contributed by atoms with Gasteiger partial charge in [0.05, 0.1) is 25.2 Å². The third-order valence-electron chi connectivity index (χ3n) is 6.94. The molecule has 0 aromatic heterocycles. The number of carbonyl (C=O) groups is 1. The molecule has 0 radical (unpaired) electrons. The SMILES string of the molecule is COc1c2c(cc3cc(O)cc(OC(C)C)c13)C[C@@H](CO[Si](C(C)C)(C(C)C)C(C)C)OC2=O. The monoisotopic (exact) mass is 488 g/mol. The molecular weight excluding hydrogens is 448 g/mol. The number of ether oxygens (including phenoxy) is 3. The first-order valence-electron chi connectivity index (χ1n) is 12.3. The van der Waals surface area contributed by atoms with Gasteiger partial charge in [-0.2, -0.15) is 0 Å². The molecule has 3 rings (SSSR count).